The van der Waals surface area contributed by atoms with Crippen LogP contribution in [0.2, 0.25) is 0 Å². The van der Waals surface area contributed by atoms with Gasteiger partial charge in [0.05, 0.1) is 30.9 Å². The maximum atomic E-state index is 14.8. The monoisotopic (exact) mass is 455 g/mol. The van der Waals surface area contributed by atoms with Crippen molar-refractivity contribution in [3.05, 3.63) is 71.0 Å². The van der Waals surface area contributed by atoms with Crippen LogP contribution < -0.4 is 4.74 Å². The van der Waals surface area contributed by atoms with Crippen LogP contribution in [-0.2, 0) is 14.3 Å². The normalized spacial score (nSPS) is 17.9. The molecule has 3 rings (SSSR count). The van der Waals surface area contributed by atoms with Gasteiger partial charge < -0.3 is 19.5 Å². The van der Waals surface area contributed by atoms with E-state index in [2.05, 4.69) is 0 Å². The second-order valence-corrected chi connectivity index (χ2v) is 8.67. The molecule has 1 amide bonds. The Kier molecular flexibility index (Phi) is 7.87. The highest BCUT2D eigenvalue weighted by Gasteiger charge is 2.46. The van der Waals surface area contributed by atoms with Crippen molar-refractivity contribution >= 4 is 17.4 Å². The molecule has 0 bridgehead atoms. The minimum atomic E-state index is -1.07. The number of aliphatic hydroxyl groups excluding tert-OH is 1. The maximum absolute atomic E-state index is 14.8. The third-order valence-corrected chi connectivity index (χ3v) is 5.21. The highest BCUT2D eigenvalue weighted by atomic mass is 19.1. The van der Waals surface area contributed by atoms with Gasteiger partial charge in [0.1, 0.15) is 17.3 Å². The number of likely N-dealkylation sites (tertiary alicyclic amines) is 1. The molecule has 0 saturated carbocycles. The van der Waals surface area contributed by atoms with Crippen molar-refractivity contribution in [3.8, 4) is 5.75 Å². The maximum Gasteiger partial charge on any atom is 0.295 e. The Hall–Kier alpha value is -3.19. The molecule has 1 fully saturated rings. The zero-order valence-corrected chi connectivity index (χ0v) is 19.4. The zero-order chi connectivity index (χ0) is 24.1. The van der Waals surface area contributed by atoms with E-state index in [0.29, 0.717) is 23.8 Å². The molecule has 1 atom stereocenters. The van der Waals surface area contributed by atoms with Crippen LogP contribution in [0.25, 0.3) is 5.76 Å². The van der Waals surface area contributed by atoms with Crippen molar-refractivity contribution in [2.45, 2.75) is 39.8 Å². The summed E-state index contributed by atoms with van der Waals surface area (Å²) in [6.07, 6.45) is -0.0673. The first-order valence-corrected chi connectivity index (χ1v) is 11.1. The predicted octanol–water partition coefficient (Wildman–Crippen LogP) is 4.71. The number of ketones is 1. The lowest BCUT2D eigenvalue weighted by atomic mass is 9.95. The number of hydrogen-bond donors (Lipinski definition) is 1. The molecule has 7 heteroatoms. The summed E-state index contributed by atoms with van der Waals surface area (Å²) < 4.78 is 26.1. The predicted molar refractivity (Wildman–Crippen MR) is 123 cm³/mol. The van der Waals surface area contributed by atoms with Crippen LogP contribution >= 0.6 is 0 Å². The molecule has 33 heavy (non-hydrogen) atoms. The molecule has 176 valence electrons. The fourth-order valence-corrected chi connectivity index (χ4v) is 3.67. The number of benzene rings is 2. The lowest BCUT2D eigenvalue weighted by Gasteiger charge is -2.26. The molecule has 0 radical (unpaired) electrons. The highest BCUT2D eigenvalue weighted by Crippen LogP contribution is 2.40. The van der Waals surface area contributed by atoms with E-state index in [1.54, 1.807) is 30.3 Å². The number of halogens is 1. The first-order valence-electron chi connectivity index (χ1n) is 11.1. The van der Waals surface area contributed by atoms with E-state index in [1.165, 1.54) is 23.1 Å². The number of ether oxygens (including phenoxy) is 2. The molecule has 1 N–H and O–H groups in total. The van der Waals surface area contributed by atoms with E-state index >= 15 is 0 Å². The summed E-state index contributed by atoms with van der Waals surface area (Å²) in [5.41, 5.74) is 0.291. The summed E-state index contributed by atoms with van der Waals surface area (Å²) in [6, 6.07) is 11.5. The molecule has 1 heterocycles. The van der Waals surface area contributed by atoms with Crippen molar-refractivity contribution < 1.29 is 28.6 Å². The highest BCUT2D eigenvalue weighted by molar-refractivity contribution is 6.46. The standard InChI is InChI=1S/C26H30FNO5/c1-16(2)15-33-19-9-7-8-18(14-19)24(29)22-23(20-10-5-6-11-21(20)27)28(26(31)25(22)30)12-13-32-17(3)4/h5-11,14,16-17,23,29H,12-13,15H2,1-4H3/b24-22-. The number of Topliss-reactive ketones (excluding diaryl/α,β-unsaturated/α-hetero) is 1. The fourth-order valence-electron chi connectivity index (χ4n) is 3.67. The van der Waals surface area contributed by atoms with Gasteiger partial charge in [0.15, 0.2) is 0 Å². The Morgan fingerprint density at radius 2 is 1.82 bits per heavy atom. The van der Waals surface area contributed by atoms with Gasteiger partial charge in [-0.25, -0.2) is 4.39 Å². The van der Waals surface area contributed by atoms with Gasteiger partial charge in [0, 0.05) is 17.7 Å². The Balaban J connectivity index is 2.06. The van der Waals surface area contributed by atoms with Crippen LogP contribution in [-0.4, -0.2) is 47.6 Å². The number of nitrogens with zero attached hydrogens (tertiary/aromatic N) is 1. The average molecular weight is 456 g/mol. The van der Waals surface area contributed by atoms with E-state index in [9.17, 15) is 19.1 Å². The Bertz CT molecular complexity index is 1050. The minimum Gasteiger partial charge on any atom is -0.507 e. The van der Waals surface area contributed by atoms with Gasteiger partial charge in [-0.05, 0) is 38.0 Å². The van der Waals surface area contributed by atoms with Crippen molar-refractivity contribution in [1.29, 1.82) is 0 Å². The molecule has 2 aromatic carbocycles. The van der Waals surface area contributed by atoms with Gasteiger partial charge in [0.25, 0.3) is 11.7 Å². The molecular weight excluding hydrogens is 425 g/mol. The summed E-state index contributed by atoms with van der Waals surface area (Å²) in [5, 5.41) is 11.1. The summed E-state index contributed by atoms with van der Waals surface area (Å²) >= 11 is 0. The van der Waals surface area contributed by atoms with Crippen LogP contribution in [0, 0.1) is 11.7 Å². The van der Waals surface area contributed by atoms with Crippen molar-refractivity contribution in [3.63, 3.8) is 0 Å². The zero-order valence-electron chi connectivity index (χ0n) is 19.4. The van der Waals surface area contributed by atoms with Crippen molar-refractivity contribution in [2.24, 2.45) is 5.92 Å². The van der Waals surface area contributed by atoms with Gasteiger partial charge >= 0.3 is 0 Å². The molecule has 0 aliphatic carbocycles. The van der Waals surface area contributed by atoms with E-state index in [1.807, 2.05) is 27.7 Å². The van der Waals surface area contributed by atoms with E-state index in [4.69, 9.17) is 9.47 Å². The van der Waals surface area contributed by atoms with Gasteiger partial charge in [0.2, 0.25) is 0 Å². The Labute approximate surface area is 193 Å². The van der Waals surface area contributed by atoms with Gasteiger partial charge in [-0.2, -0.15) is 0 Å². The summed E-state index contributed by atoms with van der Waals surface area (Å²) in [7, 11) is 0. The molecule has 2 aromatic rings. The average Bonchev–Trinajstić information content (AvgIpc) is 3.02. The summed E-state index contributed by atoms with van der Waals surface area (Å²) in [5.74, 6) is -1.78. The number of amides is 1. The first-order chi connectivity index (χ1) is 15.7. The quantitative estimate of drug-likeness (QED) is 0.337. The van der Waals surface area contributed by atoms with Crippen LogP contribution in [0.3, 0.4) is 0 Å². The number of carbonyl (C=O) groups is 2. The topological polar surface area (TPSA) is 76.1 Å². The van der Waals surface area contributed by atoms with E-state index in [0.717, 1.165) is 0 Å². The Morgan fingerprint density at radius 1 is 1.09 bits per heavy atom. The van der Waals surface area contributed by atoms with Gasteiger partial charge in [-0.15, -0.1) is 0 Å². The molecule has 6 nitrogen and oxygen atoms in total. The smallest absolute Gasteiger partial charge is 0.295 e. The molecule has 0 aromatic heterocycles. The first kappa shape index (κ1) is 24.5. The van der Waals surface area contributed by atoms with E-state index in [-0.39, 0.29) is 36.2 Å². The summed E-state index contributed by atoms with van der Waals surface area (Å²) in [4.78, 5) is 27.2. The van der Waals surface area contributed by atoms with Crippen molar-refractivity contribution in [2.75, 3.05) is 19.8 Å². The lowest BCUT2D eigenvalue weighted by molar-refractivity contribution is -0.140. The molecule has 1 aliphatic heterocycles. The lowest BCUT2D eigenvalue weighted by Crippen LogP contribution is -2.33. The van der Waals surface area contributed by atoms with Gasteiger partial charge in [-0.1, -0.05) is 44.2 Å². The number of hydrogen-bond acceptors (Lipinski definition) is 5. The third kappa shape index (κ3) is 5.60. The molecular formula is C26H30FNO5. The fraction of sp³-hybridized carbons (Fsp3) is 0.385. The second kappa shape index (κ2) is 10.6. The molecule has 1 aliphatic rings. The van der Waals surface area contributed by atoms with Gasteiger partial charge in [-0.3, -0.25) is 9.59 Å². The largest absolute Gasteiger partial charge is 0.507 e. The van der Waals surface area contributed by atoms with Crippen LogP contribution in [0.1, 0.15) is 44.9 Å². The van der Waals surface area contributed by atoms with Crippen LogP contribution in [0.4, 0.5) is 4.39 Å². The van der Waals surface area contributed by atoms with Crippen LogP contribution in [0.15, 0.2) is 54.1 Å². The molecule has 1 saturated heterocycles. The second-order valence-electron chi connectivity index (χ2n) is 8.67. The Morgan fingerprint density at radius 3 is 2.48 bits per heavy atom. The summed E-state index contributed by atoms with van der Waals surface area (Å²) in [6.45, 7) is 8.49. The van der Waals surface area contributed by atoms with Crippen LogP contribution in [0.5, 0.6) is 5.75 Å². The third-order valence-electron chi connectivity index (χ3n) is 5.21. The van der Waals surface area contributed by atoms with E-state index < -0.39 is 23.5 Å². The number of rotatable bonds is 9. The molecule has 1 unspecified atom stereocenters. The SMILES string of the molecule is CC(C)COc1cccc(/C(O)=C2/C(=O)C(=O)N(CCOC(C)C)C2c2ccccc2F)c1. The van der Waals surface area contributed by atoms with Crippen molar-refractivity contribution in [1.82, 2.24) is 4.90 Å². The minimum absolute atomic E-state index is 0.0673. The number of aliphatic hydroxyl groups is 1. The molecule has 0 spiro atoms. The number of carbonyl (C=O) groups excluding carboxylic acids is 2.